The monoisotopic (exact) mass is 719 g/mol. The van der Waals surface area contributed by atoms with Crippen LogP contribution in [0.2, 0.25) is 0 Å². The minimum atomic E-state index is 0.896. The fraction of sp³-hybridized carbons (Fsp3) is 0. The highest BCUT2D eigenvalue weighted by Gasteiger charge is 2.18. The van der Waals surface area contributed by atoms with Crippen LogP contribution in [0.5, 0.6) is 0 Å². The summed E-state index contributed by atoms with van der Waals surface area (Å²) in [6.45, 7) is 0. The highest BCUT2D eigenvalue weighted by atomic mass is 32.1. The van der Waals surface area contributed by atoms with Gasteiger partial charge in [0.2, 0.25) is 0 Å². The Morgan fingerprint density at radius 2 is 0.927 bits per heavy atom. The SMILES string of the molecule is c1cc(-c2ccc3ccccc3c2)cc(N(c2cccc(-c3cccc4c3sc3ccccc34)c2)c2cccc(-c3cccc4oc5ccccc5c34)c2)c1. The first kappa shape index (κ1) is 31.6. The quantitative estimate of drug-likeness (QED) is 0.170. The topological polar surface area (TPSA) is 16.4 Å². The zero-order valence-corrected chi connectivity index (χ0v) is 30.6. The Labute approximate surface area is 322 Å². The van der Waals surface area contributed by atoms with Gasteiger partial charge in [-0.3, -0.25) is 0 Å². The highest BCUT2D eigenvalue weighted by Crippen LogP contribution is 2.44. The lowest BCUT2D eigenvalue weighted by molar-refractivity contribution is 0.669. The molecule has 0 fully saturated rings. The molecular formula is C52H33NOS. The van der Waals surface area contributed by atoms with Crippen molar-refractivity contribution in [3.8, 4) is 33.4 Å². The predicted molar refractivity (Wildman–Crippen MR) is 235 cm³/mol. The van der Waals surface area contributed by atoms with E-state index in [9.17, 15) is 0 Å². The third kappa shape index (κ3) is 5.40. The van der Waals surface area contributed by atoms with Gasteiger partial charge in [0, 0.05) is 48.0 Å². The molecule has 0 N–H and O–H groups in total. The largest absolute Gasteiger partial charge is 0.456 e. The molecule has 0 radical (unpaired) electrons. The van der Waals surface area contributed by atoms with E-state index in [4.69, 9.17) is 4.42 Å². The van der Waals surface area contributed by atoms with Gasteiger partial charge in [-0.2, -0.15) is 0 Å². The minimum Gasteiger partial charge on any atom is -0.456 e. The highest BCUT2D eigenvalue weighted by molar-refractivity contribution is 7.26. The standard InChI is InChI=1S/C52H33NOS/c1-2-13-35-30-37(29-28-34(35)12-1)36-14-7-17-40(31-36)53(41-18-8-15-38(32-41)43-22-11-26-49-51(43)47-21-3-5-25-48(47)54-49)42-19-9-16-39(33-42)44-23-10-24-46-45-20-4-6-27-50(45)55-52(44)46/h1-33H. The zero-order chi connectivity index (χ0) is 36.3. The van der Waals surface area contributed by atoms with Crippen LogP contribution in [0.4, 0.5) is 17.1 Å². The molecule has 0 aliphatic carbocycles. The number of benzene rings is 9. The molecule has 0 saturated heterocycles. The van der Waals surface area contributed by atoms with Gasteiger partial charge in [0.25, 0.3) is 0 Å². The van der Waals surface area contributed by atoms with E-state index in [-0.39, 0.29) is 0 Å². The molecule has 2 aromatic heterocycles. The number of hydrogen-bond acceptors (Lipinski definition) is 3. The van der Waals surface area contributed by atoms with E-state index in [1.54, 1.807) is 0 Å². The third-order valence-electron chi connectivity index (χ3n) is 10.8. The first-order valence-corrected chi connectivity index (χ1v) is 19.5. The third-order valence-corrected chi connectivity index (χ3v) is 12.0. The predicted octanol–water partition coefficient (Wildman–Crippen LogP) is 15.6. The molecule has 0 bridgehead atoms. The lowest BCUT2D eigenvalue weighted by Crippen LogP contribution is -2.10. The van der Waals surface area contributed by atoms with Crippen LogP contribution in [0.15, 0.2) is 205 Å². The molecule has 11 rings (SSSR count). The fourth-order valence-corrected chi connectivity index (χ4v) is 9.49. The van der Waals surface area contributed by atoms with E-state index < -0.39 is 0 Å². The van der Waals surface area contributed by atoms with Crippen LogP contribution in [0.1, 0.15) is 0 Å². The Kier molecular flexibility index (Phi) is 7.39. The van der Waals surface area contributed by atoms with E-state index >= 15 is 0 Å². The molecule has 2 nitrogen and oxygen atoms in total. The number of anilines is 3. The molecular weight excluding hydrogens is 687 g/mol. The summed E-state index contributed by atoms with van der Waals surface area (Å²) < 4.78 is 8.93. The molecule has 9 aromatic carbocycles. The lowest BCUT2D eigenvalue weighted by atomic mass is 9.98. The van der Waals surface area contributed by atoms with E-state index in [1.165, 1.54) is 53.2 Å². The fourth-order valence-electron chi connectivity index (χ4n) is 8.26. The van der Waals surface area contributed by atoms with Crippen molar-refractivity contribution in [3.63, 3.8) is 0 Å². The molecule has 258 valence electrons. The van der Waals surface area contributed by atoms with Crippen molar-refractivity contribution >= 4 is 81.3 Å². The minimum absolute atomic E-state index is 0.896. The summed E-state index contributed by atoms with van der Waals surface area (Å²) in [7, 11) is 0. The first-order valence-electron chi connectivity index (χ1n) is 18.7. The normalized spacial score (nSPS) is 11.6. The van der Waals surface area contributed by atoms with Crippen LogP contribution in [0.3, 0.4) is 0 Å². The van der Waals surface area contributed by atoms with Crippen LogP contribution in [0, 0.1) is 0 Å². The van der Waals surface area contributed by atoms with Gasteiger partial charge in [-0.05, 0) is 105 Å². The van der Waals surface area contributed by atoms with E-state index in [0.717, 1.165) is 50.1 Å². The molecule has 0 amide bonds. The van der Waals surface area contributed by atoms with Crippen molar-refractivity contribution in [2.24, 2.45) is 0 Å². The molecule has 0 atom stereocenters. The molecule has 0 unspecified atom stereocenters. The van der Waals surface area contributed by atoms with E-state index in [1.807, 2.05) is 23.5 Å². The molecule has 0 aliphatic rings. The maximum atomic E-state index is 6.31. The van der Waals surface area contributed by atoms with E-state index in [2.05, 4.69) is 193 Å². The summed E-state index contributed by atoms with van der Waals surface area (Å²) in [4.78, 5) is 2.40. The van der Waals surface area contributed by atoms with Gasteiger partial charge in [0.1, 0.15) is 11.2 Å². The summed E-state index contributed by atoms with van der Waals surface area (Å²) in [5, 5.41) is 7.35. The van der Waals surface area contributed by atoms with Crippen molar-refractivity contribution in [2.75, 3.05) is 4.90 Å². The van der Waals surface area contributed by atoms with Gasteiger partial charge >= 0.3 is 0 Å². The van der Waals surface area contributed by atoms with Crippen LogP contribution >= 0.6 is 11.3 Å². The molecule has 0 saturated carbocycles. The number of rotatable bonds is 6. The van der Waals surface area contributed by atoms with Crippen LogP contribution in [0.25, 0.3) is 86.3 Å². The second-order valence-electron chi connectivity index (χ2n) is 14.1. The molecule has 0 aliphatic heterocycles. The Hall–Kier alpha value is -6.94. The summed E-state index contributed by atoms with van der Waals surface area (Å²) >= 11 is 1.87. The average molecular weight is 720 g/mol. The Balaban J connectivity index is 1.10. The van der Waals surface area contributed by atoms with Crippen LogP contribution in [-0.4, -0.2) is 0 Å². The van der Waals surface area contributed by atoms with Crippen molar-refractivity contribution in [1.82, 2.24) is 0 Å². The number of nitrogens with zero attached hydrogens (tertiary/aromatic N) is 1. The second-order valence-corrected chi connectivity index (χ2v) is 15.2. The van der Waals surface area contributed by atoms with Crippen LogP contribution < -0.4 is 4.90 Å². The number of furan rings is 1. The average Bonchev–Trinajstić information content (AvgIpc) is 3.83. The first-order chi connectivity index (χ1) is 27.2. The van der Waals surface area contributed by atoms with Crippen molar-refractivity contribution in [2.45, 2.75) is 0 Å². The molecule has 0 spiro atoms. The maximum absolute atomic E-state index is 6.31. The lowest BCUT2D eigenvalue weighted by Gasteiger charge is -2.27. The second kappa shape index (κ2) is 12.9. The summed E-state index contributed by atoms with van der Waals surface area (Å²) in [5.74, 6) is 0. The van der Waals surface area contributed by atoms with Crippen LogP contribution in [-0.2, 0) is 0 Å². The summed E-state index contributed by atoms with van der Waals surface area (Å²) in [6.07, 6.45) is 0. The molecule has 3 heteroatoms. The van der Waals surface area contributed by atoms with Gasteiger partial charge in [-0.15, -0.1) is 11.3 Å². The Bertz CT molecular complexity index is 3240. The Morgan fingerprint density at radius 3 is 1.75 bits per heavy atom. The van der Waals surface area contributed by atoms with Crippen molar-refractivity contribution in [3.05, 3.63) is 200 Å². The van der Waals surface area contributed by atoms with Gasteiger partial charge < -0.3 is 9.32 Å². The molecule has 2 heterocycles. The maximum Gasteiger partial charge on any atom is 0.136 e. The number of para-hydroxylation sites is 1. The van der Waals surface area contributed by atoms with Gasteiger partial charge in [0.15, 0.2) is 0 Å². The van der Waals surface area contributed by atoms with Gasteiger partial charge in [-0.25, -0.2) is 0 Å². The van der Waals surface area contributed by atoms with E-state index in [0.29, 0.717) is 0 Å². The smallest absolute Gasteiger partial charge is 0.136 e. The van der Waals surface area contributed by atoms with Crippen molar-refractivity contribution < 1.29 is 4.42 Å². The zero-order valence-electron chi connectivity index (χ0n) is 29.8. The van der Waals surface area contributed by atoms with Gasteiger partial charge in [0.05, 0.1) is 0 Å². The van der Waals surface area contributed by atoms with Gasteiger partial charge in [-0.1, -0.05) is 140 Å². The van der Waals surface area contributed by atoms with Crippen molar-refractivity contribution in [1.29, 1.82) is 0 Å². The summed E-state index contributed by atoms with van der Waals surface area (Å²) in [5.41, 5.74) is 12.1. The number of fused-ring (bicyclic) bond motifs is 7. The molecule has 55 heavy (non-hydrogen) atoms. The number of thiophene rings is 1. The summed E-state index contributed by atoms with van der Waals surface area (Å²) in [6, 6.07) is 72.3. The molecule has 11 aromatic rings. The Morgan fingerprint density at radius 1 is 0.364 bits per heavy atom. The number of hydrogen-bond donors (Lipinski definition) is 0.